The maximum atomic E-state index is 6.03. The van der Waals surface area contributed by atoms with Gasteiger partial charge in [-0.15, -0.1) is 0 Å². The summed E-state index contributed by atoms with van der Waals surface area (Å²) in [5, 5.41) is 0. The fraction of sp³-hybridized carbons (Fsp3) is 0.692. The zero-order chi connectivity index (χ0) is 10.9. The summed E-state index contributed by atoms with van der Waals surface area (Å²) in [5.41, 5.74) is 6.03. The summed E-state index contributed by atoms with van der Waals surface area (Å²) in [7, 11) is 0. The van der Waals surface area contributed by atoms with E-state index in [1.807, 2.05) is 12.1 Å². The van der Waals surface area contributed by atoms with Gasteiger partial charge in [-0.1, -0.05) is 32.6 Å². The summed E-state index contributed by atoms with van der Waals surface area (Å²) >= 11 is 0. The maximum absolute atomic E-state index is 6.03. The predicted molar refractivity (Wildman–Crippen MR) is 63.8 cm³/mol. The summed E-state index contributed by atoms with van der Waals surface area (Å²) in [6.45, 7) is 2.23. The minimum Gasteiger partial charge on any atom is -0.469 e. The highest BCUT2D eigenvalue weighted by atomic mass is 16.3. The molecule has 0 fully saturated rings. The topological polar surface area (TPSA) is 39.2 Å². The van der Waals surface area contributed by atoms with E-state index in [4.69, 9.17) is 10.2 Å². The molecule has 1 unspecified atom stereocenters. The van der Waals surface area contributed by atoms with E-state index >= 15 is 0 Å². The Hall–Kier alpha value is -0.760. The summed E-state index contributed by atoms with van der Waals surface area (Å²) in [4.78, 5) is 0. The van der Waals surface area contributed by atoms with E-state index in [9.17, 15) is 0 Å². The van der Waals surface area contributed by atoms with Gasteiger partial charge in [0.15, 0.2) is 0 Å². The molecule has 0 amide bonds. The molecule has 0 saturated heterocycles. The van der Waals surface area contributed by atoms with E-state index < -0.39 is 0 Å². The molecule has 0 aromatic carbocycles. The van der Waals surface area contributed by atoms with Crippen molar-refractivity contribution in [1.29, 1.82) is 0 Å². The summed E-state index contributed by atoms with van der Waals surface area (Å²) in [6, 6.07) is 4.29. The zero-order valence-electron chi connectivity index (χ0n) is 9.74. The molecule has 0 saturated carbocycles. The first-order valence-corrected chi connectivity index (χ1v) is 6.11. The van der Waals surface area contributed by atoms with Crippen molar-refractivity contribution in [3.63, 3.8) is 0 Å². The van der Waals surface area contributed by atoms with E-state index in [0.29, 0.717) is 6.04 Å². The Balaban J connectivity index is 2.01. The fourth-order valence-electron chi connectivity index (χ4n) is 1.76. The lowest BCUT2D eigenvalue weighted by Gasteiger charge is -2.09. The third-order valence-corrected chi connectivity index (χ3v) is 2.77. The monoisotopic (exact) mass is 209 g/mol. The van der Waals surface area contributed by atoms with Crippen LogP contribution in [0, 0.1) is 0 Å². The molecule has 0 radical (unpaired) electrons. The second-order valence-corrected chi connectivity index (χ2v) is 4.23. The molecule has 0 spiro atoms. The van der Waals surface area contributed by atoms with Crippen molar-refractivity contribution in [2.24, 2.45) is 5.73 Å². The van der Waals surface area contributed by atoms with Gasteiger partial charge >= 0.3 is 0 Å². The number of aryl methyl sites for hydroxylation is 1. The van der Waals surface area contributed by atoms with Crippen LogP contribution in [0.5, 0.6) is 0 Å². The van der Waals surface area contributed by atoms with Crippen LogP contribution in [0.4, 0.5) is 0 Å². The van der Waals surface area contributed by atoms with Gasteiger partial charge in [-0.25, -0.2) is 0 Å². The lowest BCUT2D eigenvalue weighted by molar-refractivity contribution is 0.466. The van der Waals surface area contributed by atoms with Crippen LogP contribution in [-0.4, -0.2) is 6.04 Å². The minimum atomic E-state index is 0.340. The molecule has 1 aromatic rings. The van der Waals surface area contributed by atoms with Crippen LogP contribution in [0.3, 0.4) is 0 Å². The molecule has 1 rings (SSSR count). The Labute approximate surface area is 92.9 Å². The third-order valence-electron chi connectivity index (χ3n) is 2.77. The van der Waals surface area contributed by atoms with Crippen molar-refractivity contribution >= 4 is 0 Å². The van der Waals surface area contributed by atoms with Crippen LogP contribution in [-0.2, 0) is 6.42 Å². The molecular weight excluding hydrogens is 186 g/mol. The molecule has 1 atom stereocenters. The first-order chi connectivity index (χ1) is 7.33. The van der Waals surface area contributed by atoms with Crippen LogP contribution < -0.4 is 5.73 Å². The SMILES string of the molecule is CCCCCCC(N)CCc1ccco1. The first-order valence-electron chi connectivity index (χ1n) is 6.11. The molecule has 0 aliphatic heterocycles. The maximum Gasteiger partial charge on any atom is 0.103 e. The van der Waals surface area contributed by atoms with Gasteiger partial charge in [0.05, 0.1) is 6.26 Å². The van der Waals surface area contributed by atoms with Crippen molar-refractivity contribution in [2.45, 2.75) is 57.9 Å². The van der Waals surface area contributed by atoms with Crippen LogP contribution >= 0.6 is 0 Å². The predicted octanol–water partition coefficient (Wildman–Crippen LogP) is 3.51. The first kappa shape index (κ1) is 12.3. The average Bonchev–Trinajstić information content (AvgIpc) is 2.74. The highest BCUT2D eigenvalue weighted by Crippen LogP contribution is 2.10. The van der Waals surface area contributed by atoms with E-state index in [1.165, 1.54) is 25.7 Å². The smallest absolute Gasteiger partial charge is 0.103 e. The van der Waals surface area contributed by atoms with Crippen LogP contribution in [0.25, 0.3) is 0 Å². The molecule has 2 N–H and O–H groups in total. The molecule has 1 heterocycles. The largest absolute Gasteiger partial charge is 0.469 e. The standard InChI is InChI=1S/C13H23NO/c1-2-3-4-5-7-12(14)9-10-13-8-6-11-15-13/h6,8,11-12H,2-5,7,9-10,14H2,1H3. The van der Waals surface area contributed by atoms with Gasteiger partial charge in [-0.3, -0.25) is 0 Å². The van der Waals surface area contributed by atoms with E-state index in [1.54, 1.807) is 6.26 Å². The molecule has 0 aliphatic carbocycles. The quantitative estimate of drug-likeness (QED) is 0.665. The van der Waals surface area contributed by atoms with Gasteiger partial charge in [0.2, 0.25) is 0 Å². The van der Waals surface area contributed by atoms with Gasteiger partial charge in [0.1, 0.15) is 5.76 Å². The number of hydrogen-bond acceptors (Lipinski definition) is 2. The summed E-state index contributed by atoms with van der Waals surface area (Å²) in [5.74, 6) is 1.05. The van der Waals surface area contributed by atoms with Gasteiger partial charge in [0.25, 0.3) is 0 Å². The van der Waals surface area contributed by atoms with Crippen molar-refractivity contribution < 1.29 is 4.42 Å². The number of hydrogen-bond donors (Lipinski definition) is 1. The molecule has 0 aliphatic rings. The van der Waals surface area contributed by atoms with Gasteiger partial charge in [0, 0.05) is 12.5 Å². The van der Waals surface area contributed by atoms with Crippen molar-refractivity contribution in [2.75, 3.05) is 0 Å². The molecule has 86 valence electrons. The molecule has 1 aromatic heterocycles. The Morgan fingerprint density at radius 2 is 2.13 bits per heavy atom. The van der Waals surface area contributed by atoms with Crippen LogP contribution in [0.1, 0.15) is 51.2 Å². The number of rotatable bonds is 8. The van der Waals surface area contributed by atoms with E-state index in [-0.39, 0.29) is 0 Å². The summed E-state index contributed by atoms with van der Waals surface area (Å²) in [6.07, 6.45) is 10.1. The Morgan fingerprint density at radius 3 is 2.80 bits per heavy atom. The van der Waals surface area contributed by atoms with E-state index in [2.05, 4.69) is 6.92 Å². The van der Waals surface area contributed by atoms with Crippen molar-refractivity contribution in [3.05, 3.63) is 24.2 Å². The second kappa shape index (κ2) is 7.52. The molecule has 2 nitrogen and oxygen atoms in total. The second-order valence-electron chi connectivity index (χ2n) is 4.23. The molecule has 2 heteroatoms. The minimum absolute atomic E-state index is 0.340. The lowest BCUT2D eigenvalue weighted by Crippen LogP contribution is -2.20. The summed E-state index contributed by atoms with van der Waals surface area (Å²) < 4.78 is 5.27. The Morgan fingerprint density at radius 1 is 1.27 bits per heavy atom. The Kier molecular flexibility index (Phi) is 6.17. The normalized spacial score (nSPS) is 12.9. The van der Waals surface area contributed by atoms with Crippen molar-refractivity contribution in [1.82, 2.24) is 0 Å². The van der Waals surface area contributed by atoms with Crippen LogP contribution in [0.15, 0.2) is 22.8 Å². The van der Waals surface area contributed by atoms with Crippen molar-refractivity contribution in [3.8, 4) is 0 Å². The van der Waals surface area contributed by atoms with Crippen LogP contribution in [0.2, 0.25) is 0 Å². The molecular formula is C13H23NO. The van der Waals surface area contributed by atoms with Gasteiger partial charge in [-0.05, 0) is 25.0 Å². The number of unbranched alkanes of at least 4 members (excludes halogenated alkanes) is 3. The molecule has 0 bridgehead atoms. The Bertz CT molecular complexity index is 231. The highest BCUT2D eigenvalue weighted by Gasteiger charge is 2.04. The van der Waals surface area contributed by atoms with Gasteiger partial charge in [-0.2, -0.15) is 0 Å². The number of nitrogens with two attached hydrogens (primary N) is 1. The molecule has 15 heavy (non-hydrogen) atoms. The fourth-order valence-corrected chi connectivity index (χ4v) is 1.76. The van der Waals surface area contributed by atoms with Gasteiger partial charge < -0.3 is 10.2 Å². The highest BCUT2D eigenvalue weighted by molar-refractivity contribution is 4.98. The zero-order valence-corrected chi connectivity index (χ0v) is 9.74. The third kappa shape index (κ3) is 5.63. The average molecular weight is 209 g/mol. The lowest BCUT2D eigenvalue weighted by atomic mass is 10.0. The van der Waals surface area contributed by atoms with E-state index in [0.717, 1.165) is 25.0 Å². The number of furan rings is 1.